The van der Waals surface area contributed by atoms with Gasteiger partial charge in [0.25, 0.3) is 0 Å². The molecule has 0 amide bonds. The van der Waals surface area contributed by atoms with Crippen LogP contribution >= 0.6 is 0 Å². The highest BCUT2D eigenvalue weighted by Crippen LogP contribution is 2.35. The second-order valence-electron chi connectivity index (χ2n) is 4.26. The number of para-hydroxylation sites is 1. The van der Waals surface area contributed by atoms with Gasteiger partial charge in [-0.3, -0.25) is 0 Å². The minimum Gasteiger partial charge on any atom is -0.457 e. The number of halogens is 3. The number of rotatable bonds is 4. The maximum atomic E-state index is 13.0. The van der Waals surface area contributed by atoms with Crippen LogP contribution in [0, 0.1) is 0 Å². The van der Waals surface area contributed by atoms with Crippen LogP contribution < -0.4 is 10.1 Å². The van der Waals surface area contributed by atoms with Crippen molar-refractivity contribution in [3.8, 4) is 11.5 Å². The van der Waals surface area contributed by atoms with Crippen molar-refractivity contribution in [3.63, 3.8) is 0 Å². The number of ether oxygens (including phenoxy) is 1. The SMILES string of the molecule is CNCc1ccc(Oc2ccccc2)cc1C(F)(F)F. The molecule has 0 bridgehead atoms. The lowest BCUT2D eigenvalue weighted by atomic mass is 10.1. The molecule has 0 aliphatic carbocycles. The van der Waals surface area contributed by atoms with E-state index in [1.807, 2.05) is 6.07 Å². The van der Waals surface area contributed by atoms with Gasteiger partial charge in [0, 0.05) is 6.54 Å². The molecule has 0 aliphatic rings. The third-order valence-corrected chi connectivity index (χ3v) is 2.73. The van der Waals surface area contributed by atoms with Gasteiger partial charge in [0.1, 0.15) is 11.5 Å². The molecule has 0 spiro atoms. The van der Waals surface area contributed by atoms with Gasteiger partial charge < -0.3 is 10.1 Å². The number of nitrogens with one attached hydrogen (secondary N) is 1. The molecule has 1 N–H and O–H groups in total. The van der Waals surface area contributed by atoms with Crippen LogP contribution in [0.15, 0.2) is 48.5 Å². The van der Waals surface area contributed by atoms with Gasteiger partial charge in [-0.1, -0.05) is 24.3 Å². The summed E-state index contributed by atoms with van der Waals surface area (Å²) in [4.78, 5) is 0. The summed E-state index contributed by atoms with van der Waals surface area (Å²) in [6.45, 7) is 0.153. The van der Waals surface area contributed by atoms with Crippen molar-refractivity contribution in [3.05, 3.63) is 59.7 Å². The molecule has 2 rings (SSSR count). The quantitative estimate of drug-likeness (QED) is 0.906. The van der Waals surface area contributed by atoms with Crippen molar-refractivity contribution in [2.24, 2.45) is 0 Å². The van der Waals surface area contributed by atoms with Crippen LogP contribution in [0.4, 0.5) is 13.2 Å². The highest BCUT2D eigenvalue weighted by Gasteiger charge is 2.33. The molecule has 2 aromatic carbocycles. The predicted molar refractivity (Wildman–Crippen MR) is 70.7 cm³/mol. The lowest BCUT2D eigenvalue weighted by Crippen LogP contribution is -2.14. The van der Waals surface area contributed by atoms with Crippen molar-refractivity contribution in [2.45, 2.75) is 12.7 Å². The first kappa shape index (κ1) is 14.4. The average Bonchev–Trinajstić information content (AvgIpc) is 2.41. The molecule has 0 unspecified atom stereocenters. The van der Waals surface area contributed by atoms with E-state index in [9.17, 15) is 13.2 Å². The maximum Gasteiger partial charge on any atom is 0.416 e. The van der Waals surface area contributed by atoms with E-state index in [2.05, 4.69) is 5.32 Å². The van der Waals surface area contributed by atoms with Crippen molar-refractivity contribution in [1.82, 2.24) is 5.32 Å². The first-order chi connectivity index (χ1) is 9.50. The molecule has 0 heterocycles. The molecule has 0 saturated heterocycles. The van der Waals surface area contributed by atoms with E-state index in [4.69, 9.17) is 4.74 Å². The smallest absolute Gasteiger partial charge is 0.416 e. The zero-order valence-corrected chi connectivity index (χ0v) is 10.9. The summed E-state index contributed by atoms with van der Waals surface area (Å²) in [6.07, 6.45) is -4.40. The lowest BCUT2D eigenvalue weighted by Gasteiger charge is -2.14. The van der Waals surface area contributed by atoms with Gasteiger partial charge >= 0.3 is 6.18 Å². The molecule has 0 atom stereocenters. The molecule has 5 heteroatoms. The van der Waals surface area contributed by atoms with E-state index in [1.165, 1.54) is 12.1 Å². The molecule has 20 heavy (non-hydrogen) atoms. The van der Waals surface area contributed by atoms with Crippen LogP contribution in [-0.2, 0) is 12.7 Å². The average molecular weight is 281 g/mol. The summed E-state index contributed by atoms with van der Waals surface area (Å²) >= 11 is 0. The van der Waals surface area contributed by atoms with Gasteiger partial charge in [0.2, 0.25) is 0 Å². The lowest BCUT2D eigenvalue weighted by molar-refractivity contribution is -0.138. The van der Waals surface area contributed by atoms with Gasteiger partial charge in [0.15, 0.2) is 0 Å². The minimum absolute atomic E-state index is 0.153. The molecule has 0 fully saturated rings. The van der Waals surface area contributed by atoms with Crippen LogP contribution in [0.2, 0.25) is 0 Å². The summed E-state index contributed by atoms with van der Waals surface area (Å²) in [5.74, 6) is 0.672. The van der Waals surface area contributed by atoms with Crippen LogP contribution in [0.3, 0.4) is 0 Å². The van der Waals surface area contributed by atoms with E-state index in [0.717, 1.165) is 6.07 Å². The van der Waals surface area contributed by atoms with E-state index in [0.29, 0.717) is 5.75 Å². The van der Waals surface area contributed by atoms with E-state index < -0.39 is 11.7 Å². The Hall–Kier alpha value is -2.01. The van der Waals surface area contributed by atoms with Crippen molar-refractivity contribution >= 4 is 0 Å². The largest absolute Gasteiger partial charge is 0.457 e. The fraction of sp³-hybridized carbons (Fsp3) is 0.200. The van der Waals surface area contributed by atoms with Crippen LogP contribution in [-0.4, -0.2) is 7.05 Å². The molecular weight excluding hydrogens is 267 g/mol. The number of benzene rings is 2. The predicted octanol–water partition coefficient (Wildman–Crippen LogP) is 4.22. The van der Waals surface area contributed by atoms with E-state index in [1.54, 1.807) is 31.3 Å². The van der Waals surface area contributed by atoms with Gasteiger partial charge in [0.05, 0.1) is 5.56 Å². The molecule has 2 nitrogen and oxygen atoms in total. The van der Waals surface area contributed by atoms with Crippen LogP contribution in [0.5, 0.6) is 11.5 Å². The zero-order valence-electron chi connectivity index (χ0n) is 10.9. The fourth-order valence-corrected chi connectivity index (χ4v) is 1.85. The molecule has 0 saturated carbocycles. The Bertz CT molecular complexity index is 567. The molecular formula is C15H14F3NO. The van der Waals surface area contributed by atoms with Gasteiger partial charge in [-0.25, -0.2) is 0 Å². The van der Waals surface area contributed by atoms with Crippen molar-refractivity contribution in [1.29, 1.82) is 0 Å². The van der Waals surface area contributed by atoms with Gasteiger partial charge in [-0.2, -0.15) is 13.2 Å². The third-order valence-electron chi connectivity index (χ3n) is 2.73. The summed E-state index contributed by atoms with van der Waals surface area (Å²) in [5, 5.41) is 2.72. The van der Waals surface area contributed by atoms with E-state index >= 15 is 0 Å². The maximum absolute atomic E-state index is 13.0. The summed E-state index contributed by atoms with van der Waals surface area (Å²) in [7, 11) is 1.61. The normalized spacial score (nSPS) is 11.4. The van der Waals surface area contributed by atoms with Gasteiger partial charge in [-0.15, -0.1) is 0 Å². The summed E-state index contributed by atoms with van der Waals surface area (Å²) in [5.41, 5.74) is -0.485. The Labute approximate surface area is 115 Å². The van der Waals surface area contributed by atoms with Gasteiger partial charge in [-0.05, 0) is 36.9 Å². The van der Waals surface area contributed by atoms with Crippen LogP contribution in [0.1, 0.15) is 11.1 Å². The second kappa shape index (κ2) is 5.96. The van der Waals surface area contributed by atoms with Crippen molar-refractivity contribution < 1.29 is 17.9 Å². The monoisotopic (exact) mass is 281 g/mol. The Morgan fingerprint density at radius 2 is 1.70 bits per heavy atom. The van der Waals surface area contributed by atoms with Crippen molar-refractivity contribution in [2.75, 3.05) is 7.05 Å². The topological polar surface area (TPSA) is 21.3 Å². The molecule has 2 aromatic rings. The second-order valence-corrected chi connectivity index (χ2v) is 4.26. The molecule has 106 valence electrons. The standard InChI is InChI=1S/C15H14F3NO/c1-19-10-11-7-8-13(9-14(11)15(16,17)18)20-12-5-3-2-4-6-12/h2-9,19H,10H2,1H3. The Kier molecular flexibility index (Phi) is 4.29. The molecule has 0 aromatic heterocycles. The Morgan fingerprint density at radius 1 is 1.00 bits per heavy atom. The fourth-order valence-electron chi connectivity index (χ4n) is 1.85. The zero-order chi connectivity index (χ0) is 14.6. The summed E-state index contributed by atoms with van der Waals surface area (Å²) in [6, 6.07) is 12.7. The number of alkyl halides is 3. The van der Waals surface area contributed by atoms with E-state index in [-0.39, 0.29) is 17.9 Å². The number of hydrogen-bond acceptors (Lipinski definition) is 2. The molecule has 0 aliphatic heterocycles. The highest BCUT2D eigenvalue weighted by atomic mass is 19.4. The number of hydrogen-bond donors (Lipinski definition) is 1. The Balaban J connectivity index is 2.32. The highest BCUT2D eigenvalue weighted by molar-refractivity contribution is 5.40. The summed E-state index contributed by atoms with van der Waals surface area (Å²) < 4.78 is 44.4. The molecule has 0 radical (unpaired) electrons. The minimum atomic E-state index is -4.40. The third kappa shape index (κ3) is 3.51. The first-order valence-electron chi connectivity index (χ1n) is 6.08. The van der Waals surface area contributed by atoms with Crippen LogP contribution in [0.25, 0.3) is 0 Å². The first-order valence-corrected chi connectivity index (χ1v) is 6.08. The Morgan fingerprint density at radius 3 is 2.30 bits per heavy atom.